The Morgan fingerprint density at radius 1 is 1.13 bits per heavy atom. The van der Waals surface area contributed by atoms with Crippen molar-refractivity contribution in [1.29, 1.82) is 0 Å². The molecular weight excluding hydrogens is 408 g/mol. The molecule has 0 aliphatic heterocycles. The van der Waals surface area contributed by atoms with Gasteiger partial charge < -0.3 is 10.4 Å². The van der Waals surface area contributed by atoms with Crippen LogP contribution in [0.2, 0.25) is 0 Å². The summed E-state index contributed by atoms with van der Waals surface area (Å²) in [5.74, 6) is -4.07. The number of benzene rings is 2. The summed E-state index contributed by atoms with van der Waals surface area (Å²) in [6.45, 7) is 0. The highest BCUT2D eigenvalue weighted by Gasteiger charge is 2.32. The van der Waals surface area contributed by atoms with Gasteiger partial charge in [-0.1, -0.05) is 12.1 Å². The van der Waals surface area contributed by atoms with Crippen LogP contribution >= 0.6 is 0 Å². The number of rotatable bonds is 6. The molecule has 2 aromatic carbocycles. The quantitative estimate of drug-likeness (QED) is 0.592. The number of carbonyl (C=O) groups is 2. The molecule has 1 amide bonds. The smallest absolute Gasteiger partial charge is 0.416 e. The third-order valence-corrected chi connectivity index (χ3v) is 4.22. The predicted octanol–water partition coefficient (Wildman–Crippen LogP) is 3.62. The molecule has 30 heavy (non-hydrogen) atoms. The number of amides is 1. The lowest BCUT2D eigenvalue weighted by molar-refractivity contribution is -0.140. The molecule has 0 spiro atoms. The summed E-state index contributed by atoms with van der Waals surface area (Å²) in [5, 5.41) is 15.6. The van der Waals surface area contributed by atoms with Gasteiger partial charge in [-0.15, -0.1) is 0 Å². The molecule has 0 unspecified atom stereocenters. The van der Waals surface area contributed by atoms with E-state index in [1.807, 2.05) is 0 Å². The predicted molar refractivity (Wildman–Crippen MR) is 96.4 cm³/mol. The van der Waals surface area contributed by atoms with Gasteiger partial charge in [0.2, 0.25) is 5.91 Å². The van der Waals surface area contributed by atoms with Crippen LogP contribution in [0.4, 0.5) is 23.2 Å². The molecular formula is C19H14F4N4O3. The molecule has 156 valence electrons. The largest absolute Gasteiger partial charge is 0.481 e. The van der Waals surface area contributed by atoms with Crippen LogP contribution in [0.15, 0.2) is 55.1 Å². The van der Waals surface area contributed by atoms with Gasteiger partial charge in [0.25, 0.3) is 0 Å². The van der Waals surface area contributed by atoms with Crippen LogP contribution in [-0.4, -0.2) is 31.7 Å². The fraction of sp³-hybridized carbons (Fsp3) is 0.158. The lowest BCUT2D eigenvalue weighted by atomic mass is 9.95. The fourth-order valence-corrected chi connectivity index (χ4v) is 2.77. The first-order valence-electron chi connectivity index (χ1n) is 8.49. The molecule has 0 aliphatic rings. The summed E-state index contributed by atoms with van der Waals surface area (Å²) >= 11 is 0. The summed E-state index contributed by atoms with van der Waals surface area (Å²) in [6, 6.07) is 7.23. The van der Waals surface area contributed by atoms with Crippen molar-refractivity contribution in [2.45, 2.75) is 18.5 Å². The average Bonchev–Trinajstić information content (AvgIpc) is 3.20. The number of nitrogens with zero attached hydrogens (tertiary/aromatic N) is 3. The minimum Gasteiger partial charge on any atom is -0.481 e. The second kappa shape index (κ2) is 8.31. The number of hydrogen-bond acceptors (Lipinski definition) is 4. The van der Waals surface area contributed by atoms with Crippen molar-refractivity contribution in [2.24, 2.45) is 0 Å². The minimum absolute atomic E-state index is 0.113. The zero-order chi connectivity index (χ0) is 21.9. The van der Waals surface area contributed by atoms with Crippen LogP contribution in [0.3, 0.4) is 0 Å². The topological polar surface area (TPSA) is 97.1 Å². The van der Waals surface area contributed by atoms with Crippen LogP contribution in [0.5, 0.6) is 0 Å². The monoisotopic (exact) mass is 422 g/mol. The third-order valence-electron chi connectivity index (χ3n) is 4.22. The van der Waals surface area contributed by atoms with E-state index in [1.165, 1.54) is 18.5 Å². The van der Waals surface area contributed by atoms with Gasteiger partial charge in [0.15, 0.2) is 0 Å². The van der Waals surface area contributed by atoms with Crippen molar-refractivity contribution < 1.29 is 32.3 Å². The number of carboxylic acid groups (broad SMARTS) is 1. The molecule has 1 heterocycles. The molecule has 0 bridgehead atoms. The molecule has 1 aromatic heterocycles. The normalized spacial score (nSPS) is 12.4. The van der Waals surface area contributed by atoms with E-state index in [9.17, 15) is 32.3 Å². The van der Waals surface area contributed by atoms with Crippen LogP contribution in [0.1, 0.15) is 23.5 Å². The van der Waals surface area contributed by atoms with Crippen molar-refractivity contribution in [1.82, 2.24) is 14.8 Å². The van der Waals surface area contributed by atoms with Gasteiger partial charge in [0.1, 0.15) is 18.5 Å². The molecule has 3 rings (SSSR count). The molecule has 3 aromatic rings. The summed E-state index contributed by atoms with van der Waals surface area (Å²) < 4.78 is 53.5. The summed E-state index contributed by atoms with van der Waals surface area (Å²) in [7, 11) is 0. The lowest BCUT2D eigenvalue weighted by Gasteiger charge is -2.16. The Labute approximate surface area is 167 Å². The zero-order valence-corrected chi connectivity index (χ0v) is 15.1. The van der Waals surface area contributed by atoms with Gasteiger partial charge in [-0.2, -0.15) is 18.3 Å². The Morgan fingerprint density at radius 2 is 1.83 bits per heavy atom. The van der Waals surface area contributed by atoms with Crippen LogP contribution in [-0.2, 0) is 15.8 Å². The van der Waals surface area contributed by atoms with Gasteiger partial charge in [-0.3, -0.25) is 9.59 Å². The van der Waals surface area contributed by atoms with Gasteiger partial charge in [-0.25, -0.2) is 14.1 Å². The van der Waals surface area contributed by atoms with Gasteiger partial charge in [0.05, 0.1) is 22.9 Å². The number of carboxylic acids is 1. The van der Waals surface area contributed by atoms with E-state index in [-0.39, 0.29) is 16.9 Å². The maximum absolute atomic E-state index is 13.1. The second-order valence-electron chi connectivity index (χ2n) is 6.26. The number of aromatic nitrogens is 3. The summed E-state index contributed by atoms with van der Waals surface area (Å²) in [4.78, 5) is 27.8. The van der Waals surface area contributed by atoms with Gasteiger partial charge >= 0.3 is 12.1 Å². The molecule has 1 atom stereocenters. The first-order valence-corrected chi connectivity index (χ1v) is 8.49. The highest BCUT2D eigenvalue weighted by Crippen LogP contribution is 2.33. The number of alkyl halides is 3. The summed E-state index contributed by atoms with van der Waals surface area (Å²) in [6.07, 6.45) is -2.83. The van der Waals surface area contributed by atoms with E-state index in [2.05, 4.69) is 15.4 Å². The molecule has 2 N–H and O–H groups in total. The number of nitrogens with one attached hydrogen (secondary N) is 1. The minimum atomic E-state index is -4.65. The van der Waals surface area contributed by atoms with E-state index in [4.69, 9.17) is 0 Å². The highest BCUT2D eigenvalue weighted by atomic mass is 19.4. The molecule has 11 heteroatoms. The Bertz CT molecular complexity index is 1050. The standard InChI is InChI=1S/C19H14F4N4O3/c20-13-4-1-11(2-5-13)14(18(29)30)8-17(28)26-15-7-12(19(21,22)23)3-6-16(15)27-10-24-9-25-27/h1-7,9-10,14H,8H2,(H,26,28)(H,29,30)/t14-/m0/s1. The van der Waals surface area contributed by atoms with E-state index < -0.39 is 41.8 Å². The number of carbonyl (C=O) groups excluding carboxylic acids is 1. The molecule has 7 nitrogen and oxygen atoms in total. The first kappa shape index (κ1) is 21.0. The molecule has 0 aliphatic carbocycles. The number of halogens is 4. The fourth-order valence-electron chi connectivity index (χ4n) is 2.77. The van der Waals surface area contributed by atoms with Crippen molar-refractivity contribution in [3.63, 3.8) is 0 Å². The van der Waals surface area contributed by atoms with Crippen LogP contribution < -0.4 is 5.32 Å². The van der Waals surface area contributed by atoms with E-state index in [1.54, 1.807) is 0 Å². The van der Waals surface area contributed by atoms with Gasteiger partial charge in [0, 0.05) is 6.42 Å². The Kier molecular flexibility index (Phi) is 5.81. The van der Waals surface area contributed by atoms with Crippen molar-refractivity contribution in [2.75, 3.05) is 5.32 Å². The number of anilines is 1. The SMILES string of the molecule is O=C(C[C@H](C(=O)O)c1ccc(F)cc1)Nc1cc(C(F)(F)F)ccc1-n1cncn1. The van der Waals surface area contributed by atoms with Crippen molar-refractivity contribution in [3.8, 4) is 5.69 Å². The van der Waals surface area contributed by atoms with E-state index in [0.29, 0.717) is 0 Å². The average molecular weight is 422 g/mol. The van der Waals surface area contributed by atoms with E-state index >= 15 is 0 Å². The maximum atomic E-state index is 13.1. The Hall–Kier alpha value is -3.76. The second-order valence-corrected chi connectivity index (χ2v) is 6.26. The number of aliphatic carboxylic acids is 1. The molecule has 0 saturated carbocycles. The molecule has 0 fully saturated rings. The zero-order valence-electron chi connectivity index (χ0n) is 15.1. The first-order chi connectivity index (χ1) is 14.1. The van der Waals surface area contributed by atoms with Gasteiger partial charge in [-0.05, 0) is 35.9 Å². The molecule has 0 radical (unpaired) electrons. The van der Waals surface area contributed by atoms with Crippen molar-refractivity contribution in [3.05, 3.63) is 72.1 Å². The lowest BCUT2D eigenvalue weighted by Crippen LogP contribution is -2.22. The number of hydrogen-bond donors (Lipinski definition) is 2. The highest BCUT2D eigenvalue weighted by molar-refractivity contribution is 5.96. The Balaban J connectivity index is 1.89. The van der Waals surface area contributed by atoms with E-state index in [0.717, 1.165) is 41.3 Å². The third kappa shape index (κ3) is 4.80. The maximum Gasteiger partial charge on any atom is 0.416 e. The van der Waals surface area contributed by atoms with Crippen LogP contribution in [0, 0.1) is 5.82 Å². The Morgan fingerprint density at radius 3 is 2.40 bits per heavy atom. The van der Waals surface area contributed by atoms with Crippen molar-refractivity contribution >= 4 is 17.6 Å². The van der Waals surface area contributed by atoms with Crippen LogP contribution in [0.25, 0.3) is 5.69 Å². The molecule has 0 saturated heterocycles. The summed E-state index contributed by atoms with van der Waals surface area (Å²) in [5.41, 5.74) is -0.930.